The van der Waals surface area contributed by atoms with E-state index in [1.807, 2.05) is 0 Å². The van der Waals surface area contributed by atoms with Gasteiger partial charge in [0.25, 0.3) is 0 Å². The van der Waals surface area contributed by atoms with Crippen LogP contribution < -0.4 is 0 Å². The van der Waals surface area contributed by atoms with E-state index >= 15 is 0 Å². The molecule has 0 aliphatic heterocycles. The van der Waals surface area contributed by atoms with Crippen molar-refractivity contribution in [2.24, 2.45) is 0 Å². The molecule has 6 heteroatoms. The molecule has 0 radical (unpaired) electrons. The molecule has 0 aromatic rings. The fourth-order valence-corrected chi connectivity index (χ4v) is 7.57. The summed E-state index contributed by atoms with van der Waals surface area (Å²) >= 11 is 0. The summed E-state index contributed by atoms with van der Waals surface area (Å²) in [6, 6.07) is 0. The monoisotopic (exact) mass is 1030 g/mol. The van der Waals surface area contributed by atoms with E-state index in [4.69, 9.17) is 14.2 Å². The smallest absolute Gasteiger partial charge is 0.306 e. The Balaban J connectivity index is 4.48. The molecule has 0 spiro atoms. The van der Waals surface area contributed by atoms with E-state index in [0.717, 1.165) is 154 Å². The van der Waals surface area contributed by atoms with Crippen LogP contribution in [0.5, 0.6) is 0 Å². The van der Waals surface area contributed by atoms with Gasteiger partial charge in [-0.25, -0.2) is 0 Å². The molecule has 0 aliphatic rings. The topological polar surface area (TPSA) is 78.9 Å². The SMILES string of the molecule is CC/C=C\C/C=C\C/C=C\C/C=C\C/C=C\C/C=C\C/C=C\CCCCCCCC(=O)OCC(COC(=O)CCCCCCC/C=C\CCCCCC)OC(=O)CCC/C=C\C/C=C\C/C=C\C/C=C\C/C=C\CC. The van der Waals surface area contributed by atoms with Crippen LogP contribution in [0.3, 0.4) is 0 Å². The number of hydrogen-bond acceptors (Lipinski definition) is 6. The zero-order chi connectivity index (χ0) is 54.3. The van der Waals surface area contributed by atoms with Crippen molar-refractivity contribution in [3.63, 3.8) is 0 Å². The Hall–Kier alpha value is -4.97. The minimum absolute atomic E-state index is 0.118. The van der Waals surface area contributed by atoms with Gasteiger partial charge in [-0.05, 0) is 141 Å². The molecule has 0 aliphatic carbocycles. The summed E-state index contributed by atoms with van der Waals surface area (Å²) in [5.74, 6) is -1.01. The van der Waals surface area contributed by atoms with Crippen LogP contribution >= 0.6 is 0 Å². The average molecular weight is 1030 g/mol. The Morgan fingerprint density at radius 1 is 0.280 bits per heavy atom. The predicted octanol–water partition coefficient (Wildman–Crippen LogP) is 20.5. The van der Waals surface area contributed by atoms with E-state index in [2.05, 4.69) is 179 Å². The van der Waals surface area contributed by atoms with Gasteiger partial charge in [-0.2, -0.15) is 0 Å². The first-order valence-corrected chi connectivity index (χ1v) is 30.0. The first kappa shape index (κ1) is 70.0. The van der Waals surface area contributed by atoms with E-state index in [9.17, 15) is 14.4 Å². The van der Waals surface area contributed by atoms with Gasteiger partial charge in [0, 0.05) is 19.3 Å². The molecule has 0 fully saturated rings. The number of hydrogen-bond donors (Lipinski definition) is 0. The maximum atomic E-state index is 12.8. The highest BCUT2D eigenvalue weighted by Crippen LogP contribution is 2.13. The summed E-state index contributed by atoms with van der Waals surface area (Å²) in [6.07, 6.45) is 89.6. The highest BCUT2D eigenvalue weighted by molar-refractivity contribution is 5.71. The molecule has 420 valence electrons. The van der Waals surface area contributed by atoms with E-state index < -0.39 is 6.10 Å². The molecule has 0 bridgehead atoms. The number of esters is 3. The Kier molecular flexibility index (Phi) is 57.5. The van der Waals surface area contributed by atoms with Crippen molar-refractivity contribution in [2.45, 2.75) is 245 Å². The van der Waals surface area contributed by atoms with Crippen LogP contribution in [-0.4, -0.2) is 37.2 Å². The van der Waals surface area contributed by atoms with Crippen LogP contribution in [0, 0.1) is 0 Å². The number of carbonyl (C=O) groups is 3. The summed E-state index contributed by atoms with van der Waals surface area (Å²) in [6.45, 7) is 6.31. The van der Waals surface area contributed by atoms with Crippen molar-refractivity contribution in [1.29, 1.82) is 0 Å². The summed E-state index contributed by atoms with van der Waals surface area (Å²) in [5.41, 5.74) is 0. The lowest BCUT2D eigenvalue weighted by Gasteiger charge is -2.18. The molecule has 1 unspecified atom stereocenters. The van der Waals surface area contributed by atoms with Crippen molar-refractivity contribution in [2.75, 3.05) is 13.2 Å². The number of unbranched alkanes of at least 4 members (excludes halogenated alkanes) is 15. The van der Waals surface area contributed by atoms with Crippen LogP contribution in [-0.2, 0) is 28.6 Å². The third kappa shape index (κ3) is 59.8. The minimum Gasteiger partial charge on any atom is -0.462 e. The Morgan fingerprint density at radius 3 is 0.867 bits per heavy atom. The van der Waals surface area contributed by atoms with Gasteiger partial charge in [0.05, 0.1) is 0 Å². The number of rotatable bonds is 52. The first-order chi connectivity index (χ1) is 37.0. The number of carbonyl (C=O) groups excluding carboxylic acids is 3. The molecule has 6 nitrogen and oxygen atoms in total. The van der Waals surface area contributed by atoms with Crippen LogP contribution in [0.4, 0.5) is 0 Å². The molecule has 0 amide bonds. The lowest BCUT2D eigenvalue weighted by Crippen LogP contribution is -2.30. The third-order valence-corrected chi connectivity index (χ3v) is 12.0. The third-order valence-electron chi connectivity index (χ3n) is 12.0. The maximum Gasteiger partial charge on any atom is 0.306 e. The Labute approximate surface area is 460 Å². The molecule has 75 heavy (non-hydrogen) atoms. The second-order valence-corrected chi connectivity index (χ2v) is 19.1. The zero-order valence-electron chi connectivity index (χ0n) is 48.0. The van der Waals surface area contributed by atoms with Crippen molar-refractivity contribution in [3.05, 3.63) is 158 Å². The maximum absolute atomic E-state index is 12.8. The summed E-state index contributed by atoms with van der Waals surface area (Å²) in [5, 5.41) is 0. The number of allylic oxidation sites excluding steroid dienone is 26. The molecule has 0 saturated carbocycles. The van der Waals surface area contributed by atoms with E-state index in [-0.39, 0.29) is 37.5 Å². The molecule has 0 heterocycles. The van der Waals surface area contributed by atoms with E-state index in [1.165, 1.54) is 38.5 Å². The van der Waals surface area contributed by atoms with Gasteiger partial charge < -0.3 is 14.2 Å². The minimum atomic E-state index is -0.828. The second kappa shape index (κ2) is 61.6. The van der Waals surface area contributed by atoms with Crippen molar-refractivity contribution in [3.8, 4) is 0 Å². The quantitative estimate of drug-likeness (QED) is 0.0261. The van der Waals surface area contributed by atoms with Gasteiger partial charge >= 0.3 is 17.9 Å². The molecule has 1 atom stereocenters. The molecular formula is C69H108O6. The fraction of sp³-hybridized carbons (Fsp3) is 0.580. The van der Waals surface area contributed by atoms with E-state index in [1.54, 1.807) is 0 Å². The molecule has 0 saturated heterocycles. The normalized spacial score (nSPS) is 13.3. The lowest BCUT2D eigenvalue weighted by atomic mass is 10.1. The second-order valence-electron chi connectivity index (χ2n) is 19.1. The zero-order valence-corrected chi connectivity index (χ0v) is 48.0. The predicted molar refractivity (Wildman–Crippen MR) is 325 cm³/mol. The van der Waals surface area contributed by atoms with Crippen LogP contribution in [0.1, 0.15) is 239 Å². The van der Waals surface area contributed by atoms with Gasteiger partial charge in [0.1, 0.15) is 13.2 Å². The van der Waals surface area contributed by atoms with Crippen LogP contribution in [0.2, 0.25) is 0 Å². The summed E-state index contributed by atoms with van der Waals surface area (Å²) in [4.78, 5) is 38.2. The van der Waals surface area contributed by atoms with Crippen molar-refractivity contribution < 1.29 is 28.6 Å². The van der Waals surface area contributed by atoms with Gasteiger partial charge in [-0.3, -0.25) is 14.4 Å². The molecule has 0 aromatic heterocycles. The largest absolute Gasteiger partial charge is 0.462 e. The summed E-state index contributed by atoms with van der Waals surface area (Å²) in [7, 11) is 0. The molecular weight excluding hydrogens is 925 g/mol. The Morgan fingerprint density at radius 2 is 0.533 bits per heavy atom. The highest BCUT2D eigenvalue weighted by atomic mass is 16.6. The van der Waals surface area contributed by atoms with Gasteiger partial charge in [0.2, 0.25) is 0 Å². The number of ether oxygens (including phenoxy) is 3. The van der Waals surface area contributed by atoms with Crippen molar-refractivity contribution >= 4 is 17.9 Å². The lowest BCUT2D eigenvalue weighted by molar-refractivity contribution is -0.167. The average Bonchev–Trinajstić information content (AvgIpc) is 3.41. The van der Waals surface area contributed by atoms with Gasteiger partial charge in [-0.1, -0.05) is 237 Å². The van der Waals surface area contributed by atoms with Crippen molar-refractivity contribution in [1.82, 2.24) is 0 Å². The molecule has 0 rings (SSSR count). The highest BCUT2D eigenvalue weighted by Gasteiger charge is 2.19. The van der Waals surface area contributed by atoms with Gasteiger partial charge in [0.15, 0.2) is 6.10 Å². The van der Waals surface area contributed by atoms with E-state index in [0.29, 0.717) is 19.3 Å². The van der Waals surface area contributed by atoms with Crippen LogP contribution in [0.25, 0.3) is 0 Å². The molecule has 0 N–H and O–H groups in total. The fourth-order valence-electron chi connectivity index (χ4n) is 7.57. The molecule has 0 aromatic carbocycles. The summed E-state index contributed by atoms with van der Waals surface area (Å²) < 4.78 is 16.8. The standard InChI is InChI=1S/C69H108O6/c1-4-7-10-13-16-19-22-25-27-29-30-31-32-33-34-35-36-37-38-40-41-44-47-50-53-56-59-62-68(71)74-65-66(64-73-67(70)61-58-55-52-49-46-43-24-21-18-15-12-9-6-3)75-69(72)63-60-57-54-51-48-45-42-39-28-26-23-20-17-14-11-8-5-2/h7-8,10-11,16-17,19-21,24-28,30-31,33-34,36-37,40-42,45,51,54,66H,4-6,9,12-15,18,22-23,29,32,35,38-39,43-44,46-50,52-53,55-65H2,1-3H3/b10-7-,11-8-,19-16-,20-17-,24-21-,27-25-,28-26-,31-30-,34-33-,37-36-,41-40-,45-42-,54-51-. The Bertz CT molecular complexity index is 1710. The van der Waals surface area contributed by atoms with Gasteiger partial charge in [-0.15, -0.1) is 0 Å². The first-order valence-electron chi connectivity index (χ1n) is 30.0. The van der Waals surface area contributed by atoms with Crippen LogP contribution in [0.15, 0.2) is 158 Å².